The van der Waals surface area contributed by atoms with Crippen molar-refractivity contribution in [2.75, 3.05) is 0 Å². The maximum atomic E-state index is 12.4. The summed E-state index contributed by atoms with van der Waals surface area (Å²) < 4.78 is 0. The Kier molecular flexibility index (Phi) is 5.82. The van der Waals surface area contributed by atoms with E-state index in [1.807, 2.05) is 97.1 Å². The van der Waals surface area contributed by atoms with Crippen LogP contribution in [0.3, 0.4) is 0 Å². The molecule has 2 N–H and O–H groups in total. The minimum Gasteiger partial charge on any atom is -0.376 e. The highest BCUT2D eigenvalue weighted by Gasteiger charge is 2.44. The number of fused-ring (bicyclic) bond motifs is 6. The van der Waals surface area contributed by atoms with E-state index in [1.54, 1.807) is 0 Å². The van der Waals surface area contributed by atoms with E-state index in [2.05, 4.69) is 72.8 Å². The Morgan fingerprint density at radius 2 is 0.565 bits per heavy atom. The Hall–Kier alpha value is -5.54. The molecule has 0 spiro atoms. The van der Waals surface area contributed by atoms with Crippen molar-refractivity contribution in [2.45, 2.75) is 11.2 Å². The molecule has 7 aromatic rings. The van der Waals surface area contributed by atoms with Crippen molar-refractivity contribution in [3.8, 4) is 44.5 Å². The highest BCUT2D eigenvalue weighted by atomic mass is 16.3. The van der Waals surface area contributed by atoms with Crippen LogP contribution >= 0.6 is 0 Å². The van der Waals surface area contributed by atoms with E-state index in [1.165, 1.54) is 0 Å². The second-order valence-corrected chi connectivity index (χ2v) is 12.3. The van der Waals surface area contributed by atoms with Crippen molar-refractivity contribution in [1.82, 2.24) is 0 Å². The second kappa shape index (κ2) is 9.98. The van der Waals surface area contributed by atoms with Crippen LogP contribution in [0.25, 0.3) is 44.5 Å². The van der Waals surface area contributed by atoms with Gasteiger partial charge in [0.2, 0.25) is 0 Å². The summed E-state index contributed by atoms with van der Waals surface area (Å²) in [5.41, 5.74) is 11.3. The average Bonchev–Trinajstić information content (AvgIpc) is 3.56. The lowest BCUT2D eigenvalue weighted by Gasteiger charge is -2.27. The number of rotatable bonds is 4. The van der Waals surface area contributed by atoms with E-state index in [9.17, 15) is 10.2 Å². The molecular formula is C44H30O2. The van der Waals surface area contributed by atoms with Crippen LogP contribution in [-0.2, 0) is 11.2 Å². The minimum atomic E-state index is -1.24. The van der Waals surface area contributed by atoms with Gasteiger partial charge in [0.15, 0.2) is 0 Å². The SMILES string of the molecule is OC1(c2cccc(-c3cccc(-c4cccc(C5(O)c6ccccc6-c6ccccc65)c4)c3)c2)c2ccccc2-c2ccccc21. The molecule has 0 bridgehead atoms. The third-order valence-corrected chi connectivity index (χ3v) is 9.94. The predicted molar refractivity (Wildman–Crippen MR) is 185 cm³/mol. The van der Waals surface area contributed by atoms with Crippen LogP contribution in [-0.4, -0.2) is 10.2 Å². The van der Waals surface area contributed by atoms with E-state index in [0.29, 0.717) is 0 Å². The zero-order chi connectivity index (χ0) is 30.9. The molecule has 0 unspecified atom stereocenters. The van der Waals surface area contributed by atoms with Gasteiger partial charge in [-0.1, -0.05) is 152 Å². The van der Waals surface area contributed by atoms with Gasteiger partial charge in [-0.15, -0.1) is 0 Å². The Labute approximate surface area is 268 Å². The fourth-order valence-electron chi connectivity index (χ4n) is 7.77. The predicted octanol–water partition coefficient (Wildman–Crippen LogP) is 9.55. The van der Waals surface area contributed by atoms with Crippen molar-refractivity contribution >= 4 is 0 Å². The lowest BCUT2D eigenvalue weighted by atomic mass is 9.82. The van der Waals surface area contributed by atoms with Crippen molar-refractivity contribution in [3.63, 3.8) is 0 Å². The van der Waals surface area contributed by atoms with Gasteiger partial charge in [0, 0.05) is 22.3 Å². The Morgan fingerprint density at radius 1 is 0.283 bits per heavy atom. The lowest BCUT2D eigenvalue weighted by Crippen LogP contribution is -2.26. The fraction of sp³-hybridized carbons (Fsp3) is 0.0455. The lowest BCUT2D eigenvalue weighted by molar-refractivity contribution is 0.130. The molecule has 46 heavy (non-hydrogen) atoms. The molecular weight excluding hydrogens is 560 g/mol. The van der Waals surface area contributed by atoms with Crippen LogP contribution in [0.1, 0.15) is 33.4 Å². The van der Waals surface area contributed by atoms with Gasteiger partial charge in [-0.2, -0.15) is 0 Å². The smallest absolute Gasteiger partial charge is 0.141 e. The third-order valence-electron chi connectivity index (χ3n) is 9.94. The first-order valence-electron chi connectivity index (χ1n) is 15.7. The first kappa shape index (κ1) is 26.8. The van der Waals surface area contributed by atoms with Crippen LogP contribution in [0.4, 0.5) is 0 Å². The molecule has 218 valence electrons. The summed E-state index contributed by atoms with van der Waals surface area (Å²) in [7, 11) is 0. The van der Waals surface area contributed by atoms with Crippen LogP contribution in [0, 0.1) is 0 Å². The summed E-state index contributed by atoms with van der Waals surface area (Å²) in [5, 5.41) is 24.9. The van der Waals surface area contributed by atoms with E-state index in [4.69, 9.17) is 0 Å². The Morgan fingerprint density at radius 3 is 0.913 bits per heavy atom. The summed E-state index contributed by atoms with van der Waals surface area (Å²) in [6.07, 6.45) is 0. The van der Waals surface area contributed by atoms with Gasteiger partial charge in [-0.25, -0.2) is 0 Å². The Balaban J connectivity index is 1.13. The van der Waals surface area contributed by atoms with E-state index >= 15 is 0 Å². The van der Waals surface area contributed by atoms with E-state index in [0.717, 1.165) is 77.9 Å². The minimum absolute atomic E-state index is 0.843. The molecule has 0 aliphatic heterocycles. The largest absolute Gasteiger partial charge is 0.376 e. The maximum Gasteiger partial charge on any atom is 0.141 e. The molecule has 7 aromatic carbocycles. The van der Waals surface area contributed by atoms with Crippen LogP contribution in [0.15, 0.2) is 170 Å². The summed E-state index contributed by atoms with van der Waals surface area (Å²) in [4.78, 5) is 0. The van der Waals surface area contributed by atoms with Crippen molar-refractivity contribution < 1.29 is 10.2 Å². The number of benzene rings is 7. The standard InChI is InChI=1S/C44H30O2/c45-43(39-22-5-1-18-35(39)36-19-2-6-23-40(36)43)33-16-10-14-31(27-33)29-12-9-13-30(26-29)32-15-11-17-34(28-32)44(46)41-24-7-3-20-37(41)38-21-4-8-25-42(38)44/h1-28,45-46H. The first-order valence-corrected chi connectivity index (χ1v) is 15.7. The first-order chi connectivity index (χ1) is 22.6. The summed E-state index contributed by atoms with van der Waals surface area (Å²) in [6.45, 7) is 0. The van der Waals surface area contributed by atoms with Crippen LogP contribution < -0.4 is 0 Å². The number of hydrogen-bond acceptors (Lipinski definition) is 2. The molecule has 0 heterocycles. The summed E-state index contributed by atoms with van der Waals surface area (Å²) in [5.74, 6) is 0. The van der Waals surface area contributed by atoms with Gasteiger partial charge >= 0.3 is 0 Å². The van der Waals surface area contributed by atoms with Gasteiger partial charge in [-0.3, -0.25) is 0 Å². The van der Waals surface area contributed by atoms with Gasteiger partial charge in [0.25, 0.3) is 0 Å². The van der Waals surface area contributed by atoms with Crippen molar-refractivity contribution in [3.05, 3.63) is 203 Å². The zero-order valence-electron chi connectivity index (χ0n) is 25.1. The Bertz CT molecular complexity index is 2060. The van der Waals surface area contributed by atoms with Crippen molar-refractivity contribution in [2.24, 2.45) is 0 Å². The number of aliphatic hydroxyl groups is 2. The normalized spacial score (nSPS) is 14.7. The van der Waals surface area contributed by atoms with E-state index in [-0.39, 0.29) is 0 Å². The number of hydrogen-bond donors (Lipinski definition) is 2. The molecule has 0 saturated heterocycles. The fourth-order valence-corrected chi connectivity index (χ4v) is 7.77. The molecule has 2 nitrogen and oxygen atoms in total. The summed E-state index contributed by atoms with van der Waals surface area (Å²) >= 11 is 0. The van der Waals surface area contributed by atoms with Gasteiger partial charge in [0.05, 0.1) is 0 Å². The zero-order valence-corrected chi connectivity index (χ0v) is 25.1. The van der Waals surface area contributed by atoms with Crippen molar-refractivity contribution in [1.29, 1.82) is 0 Å². The summed E-state index contributed by atoms with van der Waals surface area (Å²) in [6, 6.07) is 57.6. The van der Waals surface area contributed by atoms with Gasteiger partial charge < -0.3 is 10.2 Å². The second-order valence-electron chi connectivity index (χ2n) is 12.3. The topological polar surface area (TPSA) is 40.5 Å². The third kappa shape index (κ3) is 3.72. The highest BCUT2D eigenvalue weighted by Crippen LogP contribution is 2.52. The molecule has 2 aliphatic carbocycles. The molecule has 0 atom stereocenters. The van der Waals surface area contributed by atoms with Crippen LogP contribution in [0.2, 0.25) is 0 Å². The maximum absolute atomic E-state index is 12.4. The van der Waals surface area contributed by atoms with Gasteiger partial charge in [-0.05, 0) is 73.8 Å². The monoisotopic (exact) mass is 590 g/mol. The molecule has 0 amide bonds. The molecule has 0 saturated carbocycles. The molecule has 9 rings (SSSR count). The molecule has 0 aromatic heterocycles. The quantitative estimate of drug-likeness (QED) is 0.214. The van der Waals surface area contributed by atoms with Gasteiger partial charge in [0.1, 0.15) is 11.2 Å². The molecule has 0 fully saturated rings. The average molecular weight is 591 g/mol. The molecule has 0 radical (unpaired) electrons. The molecule has 2 heteroatoms. The van der Waals surface area contributed by atoms with Crippen LogP contribution in [0.5, 0.6) is 0 Å². The highest BCUT2D eigenvalue weighted by molar-refractivity contribution is 5.84. The van der Waals surface area contributed by atoms with E-state index < -0.39 is 11.2 Å². The molecule has 2 aliphatic rings.